The van der Waals surface area contributed by atoms with Crippen LogP contribution in [0.15, 0.2) is 42.5 Å². The second-order valence-electron chi connectivity index (χ2n) is 5.23. The van der Waals surface area contributed by atoms with Crippen LogP contribution in [0.2, 0.25) is 0 Å². The SMILES string of the molecule is CN(C)C[C]1[CH][CH][CH][C]1c1ccc(-c2ccccc2)s1. The van der Waals surface area contributed by atoms with Crippen molar-refractivity contribution in [1.29, 1.82) is 0 Å². The summed E-state index contributed by atoms with van der Waals surface area (Å²) in [6.07, 6.45) is 6.59. The van der Waals surface area contributed by atoms with Gasteiger partial charge in [-0.2, -0.15) is 0 Å². The van der Waals surface area contributed by atoms with E-state index in [-0.39, 0.29) is 0 Å². The van der Waals surface area contributed by atoms with Gasteiger partial charge < -0.3 is 4.90 Å². The minimum atomic E-state index is 0.987. The minimum absolute atomic E-state index is 0.987. The van der Waals surface area contributed by atoms with Gasteiger partial charge in [0.15, 0.2) is 0 Å². The minimum Gasteiger partial charge on any atom is -0.309 e. The molecular formula is C18H18NS. The van der Waals surface area contributed by atoms with Crippen LogP contribution in [-0.2, 0) is 0 Å². The molecule has 101 valence electrons. The van der Waals surface area contributed by atoms with Crippen LogP contribution in [0.3, 0.4) is 0 Å². The Morgan fingerprint density at radius 3 is 2.40 bits per heavy atom. The Hall–Kier alpha value is -1.12. The highest BCUT2D eigenvalue weighted by Gasteiger charge is 2.31. The lowest BCUT2D eigenvalue weighted by Crippen LogP contribution is -2.22. The monoisotopic (exact) mass is 280 g/mol. The summed E-state index contributed by atoms with van der Waals surface area (Å²) < 4.78 is 0. The molecule has 5 radical (unpaired) electrons. The molecular weight excluding hydrogens is 262 g/mol. The van der Waals surface area contributed by atoms with Crippen LogP contribution in [0.25, 0.3) is 10.4 Å². The second kappa shape index (κ2) is 6.11. The topological polar surface area (TPSA) is 3.24 Å². The van der Waals surface area contributed by atoms with Crippen LogP contribution < -0.4 is 0 Å². The first-order valence-electron chi connectivity index (χ1n) is 6.79. The third kappa shape index (κ3) is 2.97. The third-order valence-electron chi connectivity index (χ3n) is 3.32. The molecule has 1 fully saturated rings. The van der Waals surface area contributed by atoms with Gasteiger partial charge in [-0.3, -0.25) is 0 Å². The van der Waals surface area contributed by atoms with Gasteiger partial charge in [0.1, 0.15) is 0 Å². The van der Waals surface area contributed by atoms with Gasteiger partial charge in [-0.15, -0.1) is 11.3 Å². The Bertz CT molecular complexity index is 544. The van der Waals surface area contributed by atoms with Crippen molar-refractivity contribution in [3.63, 3.8) is 0 Å². The molecule has 2 heteroatoms. The average molecular weight is 280 g/mol. The number of thiophene rings is 1. The van der Waals surface area contributed by atoms with E-state index in [1.165, 1.54) is 27.2 Å². The van der Waals surface area contributed by atoms with E-state index in [1.807, 2.05) is 11.3 Å². The summed E-state index contributed by atoms with van der Waals surface area (Å²) in [6.45, 7) is 0.987. The van der Waals surface area contributed by atoms with Crippen LogP contribution in [0.5, 0.6) is 0 Å². The standard InChI is InChI=1S/C18H18NS/c1-19(2)13-15-9-6-10-16(15)18-12-11-17(20-18)14-7-4-3-5-8-14/h3-12H,13H2,1-2H3. The predicted molar refractivity (Wildman–Crippen MR) is 86.8 cm³/mol. The number of hydrogen-bond acceptors (Lipinski definition) is 2. The van der Waals surface area contributed by atoms with Gasteiger partial charge >= 0.3 is 0 Å². The Morgan fingerprint density at radius 1 is 0.900 bits per heavy atom. The summed E-state index contributed by atoms with van der Waals surface area (Å²) in [5, 5.41) is 0. The Labute approximate surface area is 126 Å². The molecule has 0 atom stereocenters. The zero-order valence-electron chi connectivity index (χ0n) is 11.8. The fraction of sp³-hybridized carbons (Fsp3) is 0.167. The van der Waals surface area contributed by atoms with Crippen LogP contribution in [0.4, 0.5) is 0 Å². The van der Waals surface area contributed by atoms with Crippen molar-refractivity contribution in [2.75, 3.05) is 20.6 Å². The van der Waals surface area contributed by atoms with Gasteiger partial charge in [-0.1, -0.05) is 30.3 Å². The van der Waals surface area contributed by atoms with Crippen molar-refractivity contribution in [2.45, 2.75) is 0 Å². The highest BCUT2D eigenvalue weighted by atomic mass is 32.1. The molecule has 3 rings (SSSR count). The Balaban J connectivity index is 1.79. The molecule has 20 heavy (non-hydrogen) atoms. The molecule has 0 bridgehead atoms. The van der Waals surface area contributed by atoms with E-state index in [9.17, 15) is 0 Å². The van der Waals surface area contributed by atoms with E-state index < -0.39 is 0 Å². The van der Waals surface area contributed by atoms with Gasteiger partial charge in [0.2, 0.25) is 0 Å². The average Bonchev–Trinajstić information content (AvgIpc) is 3.07. The molecule has 0 spiro atoms. The summed E-state index contributed by atoms with van der Waals surface area (Å²) in [5.41, 5.74) is 1.30. The molecule has 0 saturated heterocycles. The highest BCUT2D eigenvalue weighted by Crippen LogP contribution is 2.42. The van der Waals surface area contributed by atoms with Crippen molar-refractivity contribution in [1.82, 2.24) is 4.90 Å². The summed E-state index contributed by atoms with van der Waals surface area (Å²) in [5.74, 6) is 2.77. The van der Waals surface area contributed by atoms with E-state index in [1.54, 1.807) is 0 Å². The molecule has 0 unspecified atom stereocenters. The lowest BCUT2D eigenvalue weighted by Gasteiger charge is -2.20. The van der Waals surface area contributed by atoms with Crippen LogP contribution in [0.1, 0.15) is 4.88 Å². The molecule has 1 heterocycles. The molecule has 1 aliphatic carbocycles. The zero-order chi connectivity index (χ0) is 13.9. The van der Waals surface area contributed by atoms with E-state index in [4.69, 9.17) is 0 Å². The maximum absolute atomic E-state index is 2.24. The lowest BCUT2D eigenvalue weighted by atomic mass is 9.94. The molecule has 1 aliphatic rings. The van der Waals surface area contributed by atoms with Crippen molar-refractivity contribution in [2.24, 2.45) is 0 Å². The van der Waals surface area contributed by atoms with Crippen molar-refractivity contribution >= 4 is 11.3 Å². The first kappa shape index (κ1) is 13.8. The highest BCUT2D eigenvalue weighted by molar-refractivity contribution is 7.15. The lowest BCUT2D eigenvalue weighted by molar-refractivity contribution is 0.429. The molecule has 1 nitrogen and oxygen atoms in total. The molecule has 1 aromatic heterocycles. The Kier molecular flexibility index (Phi) is 4.23. The summed E-state index contributed by atoms with van der Waals surface area (Å²) in [6, 6.07) is 15.0. The molecule has 1 aromatic carbocycles. The molecule has 2 aromatic rings. The summed E-state index contributed by atoms with van der Waals surface area (Å²) in [7, 11) is 4.22. The molecule has 0 amide bonds. The van der Waals surface area contributed by atoms with Gasteiger partial charge in [-0.25, -0.2) is 0 Å². The predicted octanol–water partition coefficient (Wildman–Crippen LogP) is 4.10. The summed E-state index contributed by atoms with van der Waals surface area (Å²) in [4.78, 5) is 4.90. The fourth-order valence-corrected chi connectivity index (χ4v) is 3.49. The fourth-order valence-electron chi connectivity index (χ4n) is 2.42. The normalized spacial score (nSPS) is 17.1. The largest absolute Gasteiger partial charge is 0.309 e. The molecule has 0 N–H and O–H groups in total. The number of nitrogens with zero attached hydrogens (tertiary/aromatic N) is 1. The van der Waals surface area contributed by atoms with Crippen LogP contribution in [-0.4, -0.2) is 25.5 Å². The zero-order valence-corrected chi connectivity index (χ0v) is 12.7. The van der Waals surface area contributed by atoms with Crippen LogP contribution in [0, 0.1) is 31.1 Å². The van der Waals surface area contributed by atoms with E-state index in [0.29, 0.717) is 0 Å². The quantitative estimate of drug-likeness (QED) is 0.815. The maximum atomic E-state index is 2.24. The second-order valence-corrected chi connectivity index (χ2v) is 6.32. The van der Waals surface area contributed by atoms with Crippen molar-refractivity contribution in [3.8, 4) is 10.4 Å². The number of benzene rings is 1. The molecule has 1 saturated carbocycles. The number of rotatable bonds is 4. The smallest absolute Gasteiger partial charge is 0.0345 e. The van der Waals surface area contributed by atoms with E-state index in [2.05, 4.69) is 80.7 Å². The van der Waals surface area contributed by atoms with Gasteiger partial charge in [-0.05, 0) is 51.1 Å². The third-order valence-corrected chi connectivity index (χ3v) is 4.49. The van der Waals surface area contributed by atoms with E-state index in [0.717, 1.165) is 6.54 Å². The van der Waals surface area contributed by atoms with Crippen molar-refractivity contribution in [3.05, 3.63) is 78.4 Å². The molecule has 0 aliphatic heterocycles. The van der Waals surface area contributed by atoms with Gasteiger partial charge in [0.05, 0.1) is 0 Å². The first-order valence-corrected chi connectivity index (χ1v) is 7.60. The van der Waals surface area contributed by atoms with Gasteiger partial charge in [0.25, 0.3) is 0 Å². The maximum Gasteiger partial charge on any atom is 0.0345 e. The van der Waals surface area contributed by atoms with Crippen LogP contribution >= 0.6 is 11.3 Å². The number of hydrogen-bond donors (Lipinski definition) is 0. The summed E-state index contributed by atoms with van der Waals surface area (Å²) >= 11 is 1.87. The van der Waals surface area contributed by atoms with E-state index >= 15 is 0 Å². The van der Waals surface area contributed by atoms with Gasteiger partial charge in [0, 0.05) is 28.1 Å². The Morgan fingerprint density at radius 2 is 1.65 bits per heavy atom. The van der Waals surface area contributed by atoms with Crippen molar-refractivity contribution < 1.29 is 0 Å². The first-order chi connectivity index (χ1) is 9.74.